The first-order chi connectivity index (χ1) is 10.9. The standard InChI is InChI=1S/C16H18N2O4S/c1-12(18(17)16(19)22-2)13-8-10-15(11-9-13)23(20,21)14-6-4-3-5-7-14/h3-12H,17H2,1-2H3. The van der Waals surface area contributed by atoms with E-state index in [9.17, 15) is 13.2 Å². The van der Waals surface area contributed by atoms with Crippen molar-refractivity contribution >= 4 is 15.9 Å². The summed E-state index contributed by atoms with van der Waals surface area (Å²) in [5.74, 6) is 5.66. The Morgan fingerprint density at radius 1 is 1.04 bits per heavy atom. The molecule has 0 aromatic heterocycles. The lowest BCUT2D eigenvalue weighted by Crippen LogP contribution is -2.39. The molecule has 0 aliphatic rings. The molecule has 0 aliphatic heterocycles. The molecule has 2 aromatic carbocycles. The summed E-state index contributed by atoms with van der Waals surface area (Å²) in [6.45, 7) is 1.72. The van der Waals surface area contributed by atoms with Gasteiger partial charge in [-0.1, -0.05) is 30.3 Å². The van der Waals surface area contributed by atoms with Gasteiger partial charge in [-0.25, -0.2) is 24.1 Å². The maximum atomic E-state index is 12.5. The van der Waals surface area contributed by atoms with Crippen LogP contribution in [0.15, 0.2) is 64.4 Å². The van der Waals surface area contributed by atoms with Gasteiger partial charge in [0.05, 0.1) is 22.9 Å². The Hall–Kier alpha value is -2.38. The average Bonchev–Trinajstić information content (AvgIpc) is 2.60. The van der Waals surface area contributed by atoms with Crippen LogP contribution < -0.4 is 5.84 Å². The van der Waals surface area contributed by atoms with Gasteiger partial charge in [-0.15, -0.1) is 0 Å². The van der Waals surface area contributed by atoms with Crippen LogP contribution in [0.1, 0.15) is 18.5 Å². The molecule has 2 N–H and O–H groups in total. The molecular formula is C16H18N2O4S. The van der Waals surface area contributed by atoms with E-state index in [0.29, 0.717) is 5.56 Å². The fourth-order valence-corrected chi connectivity index (χ4v) is 3.37. The van der Waals surface area contributed by atoms with E-state index in [-0.39, 0.29) is 9.79 Å². The Bertz CT molecular complexity index is 773. The molecule has 7 heteroatoms. The zero-order chi connectivity index (χ0) is 17.0. The summed E-state index contributed by atoms with van der Waals surface area (Å²) in [5, 5.41) is 0.945. The van der Waals surface area contributed by atoms with Crippen molar-refractivity contribution in [1.82, 2.24) is 5.01 Å². The van der Waals surface area contributed by atoms with E-state index in [0.717, 1.165) is 5.01 Å². The molecule has 1 atom stereocenters. The lowest BCUT2D eigenvalue weighted by molar-refractivity contribution is 0.108. The number of benzene rings is 2. The van der Waals surface area contributed by atoms with E-state index >= 15 is 0 Å². The van der Waals surface area contributed by atoms with Gasteiger partial charge in [0.1, 0.15) is 0 Å². The molecule has 1 unspecified atom stereocenters. The van der Waals surface area contributed by atoms with Crippen LogP contribution in [0, 0.1) is 0 Å². The van der Waals surface area contributed by atoms with E-state index < -0.39 is 22.0 Å². The van der Waals surface area contributed by atoms with Crippen molar-refractivity contribution in [1.29, 1.82) is 0 Å². The van der Waals surface area contributed by atoms with E-state index in [1.165, 1.54) is 19.2 Å². The summed E-state index contributed by atoms with van der Waals surface area (Å²) in [7, 11) is -2.32. The second-order valence-electron chi connectivity index (χ2n) is 4.94. The monoisotopic (exact) mass is 334 g/mol. The maximum Gasteiger partial charge on any atom is 0.424 e. The Morgan fingerprint density at radius 2 is 1.57 bits per heavy atom. The number of hydrazine groups is 1. The Morgan fingerprint density at radius 3 is 2.09 bits per heavy atom. The number of ether oxygens (including phenoxy) is 1. The second kappa shape index (κ2) is 6.80. The molecule has 0 spiro atoms. The summed E-state index contributed by atoms with van der Waals surface area (Å²) in [5.41, 5.74) is 0.699. The molecule has 0 saturated carbocycles. The van der Waals surface area contributed by atoms with E-state index in [1.54, 1.807) is 49.4 Å². The van der Waals surface area contributed by atoms with Crippen molar-refractivity contribution in [2.75, 3.05) is 7.11 Å². The molecule has 6 nitrogen and oxygen atoms in total. The van der Waals surface area contributed by atoms with Gasteiger partial charge in [-0.05, 0) is 36.8 Å². The fourth-order valence-electron chi connectivity index (χ4n) is 2.09. The van der Waals surface area contributed by atoms with E-state index in [2.05, 4.69) is 4.74 Å². The van der Waals surface area contributed by atoms with Crippen LogP contribution >= 0.6 is 0 Å². The normalized spacial score (nSPS) is 12.5. The highest BCUT2D eigenvalue weighted by Crippen LogP contribution is 2.24. The predicted molar refractivity (Wildman–Crippen MR) is 85.2 cm³/mol. The molecule has 0 fully saturated rings. The molecule has 0 saturated heterocycles. The fraction of sp³-hybridized carbons (Fsp3) is 0.188. The summed E-state index contributed by atoms with van der Waals surface area (Å²) < 4.78 is 29.5. The van der Waals surface area contributed by atoms with Gasteiger partial charge in [-0.3, -0.25) is 0 Å². The van der Waals surface area contributed by atoms with E-state index in [1.807, 2.05) is 0 Å². The number of carbonyl (C=O) groups excluding carboxylic acids is 1. The van der Waals surface area contributed by atoms with Gasteiger partial charge in [-0.2, -0.15) is 0 Å². The Labute approximate surface area is 135 Å². The van der Waals surface area contributed by atoms with Crippen molar-refractivity contribution in [3.63, 3.8) is 0 Å². The summed E-state index contributed by atoms with van der Waals surface area (Å²) in [4.78, 5) is 11.8. The van der Waals surface area contributed by atoms with Gasteiger partial charge in [0.15, 0.2) is 0 Å². The lowest BCUT2D eigenvalue weighted by atomic mass is 10.1. The number of carbonyl (C=O) groups is 1. The third-order valence-corrected chi connectivity index (χ3v) is 5.31. The molecule has 1 amide bonds. The SMILES string of the molecule is COC(=O)N(N)C(C)c1ccc(S(=O)(=O)c2ccccc2)cc1. The van der Waals surface area contributed by atoms with Crippen LogP contribution in [-0.4, -0.2) is 26.6 Å². The molecule has 0 radical (unpaired) electrons. The number of methoxy groups -OCH3 is 1. The highest BCUT2D eigenvalue weighted by atomic mass is 32.2. The lowest BCUT2D eigenvalue weighted by Gasteiger charge is -2.23. The van der Waals surface area contributed by atoms with Crippen LogP contribution in [0.4, 0.5) is 4.79 Å². The highest BCUT2D eigenvalue weighted by Gasteiger charge is 2.21. The van der Waals surface area contributed by atoms with Gasteiger partial charge in [0.25, 0.3) is 0 Å². The van der Waals surface area contributed by atoms with E-state index in [4.69, 9.17) is 5.84 Å². The average molecular weight is 334 g/mol. The van der Waals surface area contributed by atoms with Crippen molar-refractivity contribution in [2.24, 2.45) is 5.84 Å². The van der Waals surface area contributed by atoms with Gasteiger partial charge < -0.3 is 4.74 Å². The Kier molecular flexibility index (Phi) is 5.02. The third-order valence-electron chi connectivity index (χ3n) is 3.53. The number of sulfone groups is 1. The van der Waals surface area contributed by atoms with Crippen molar-refractivity contribution in [3.8, 4) is 0 Å². The quantitative estimate of drug-likeness (QED) is 0.527. The topological polar surface area (TPSA) is 89.7 Å². The van der Waals surface area contributed by atoms with Gasteiger partial charge >= 0.3 is 6.09 Å². The number of hydrogen-bond donors (Lipinski definition) is 1. The largest absolute Gasteiger partial charge is 0.452 e. The maximum absolute atomic E-state index is 12.5. The minimum absolute atomic E-state index is 0.182. The van der Waals surface area contributed by atoms with Crippen LogP contribution in [-0.2, 0) is 14.6 Å². The number of nitrogens with zero attached hydrogens (tertiary/aromatic N) is 1. The summed E-state index contributed by atoms with van der Waals surface area (Å²) in [6.07, 6.45) is -0.668. The second-order valence-corrected chi connectivity index (χ2v) is 6.89. The minimum atomic E-state index is -3.56. The summed E-state index contributed by atoms with van der Waals surface area (Å²) in [6, 6.07) is 14.0. The zero-order valence-electron chi connectivity index (χ0n) is 12.8. The number of hydrogen-bond acceptors (Lipinski definition) is 5. The molecule has 0 bridgehead atoms. The predicted octanol–water partition coefficient (Wildman–Crippen LogP) is 2.52. The first-order valence-corrected chi connectivity index (χ1v) is 8.38. The van der Waals surface area contributed by atoms with Crippen molar-refractivity contribution in [2.45, 2.75) is 22.8 Å². The smallest absolute Gasteiger partial charge is 0.424 e. The van der Waals surface area contributed by atoms with Crippen molar-refractivity contribution in [3.05, 3.63) is 60.2 Å². The highest BCUT2D eigenvalue weighted by molar-refractivity contribution is 7.91. The minimum Gasteiger partial charge on any atom is -0.452 e. The zero-order valence-corrected chi connectivity index (χ0v) is 13.7. The molecule has 23 heavy (non-hydrogen) atoms. The summed E-state index contributed by atoms with van der Waals surface area (Å²) >= 11 is 0. The molecule has 0 heterocycles. The van der Waals surface area contributed by atoms with Crippen LogP contribution in [0.25, 0.3) is 0 Å². The van der Waals surface area contributed by atoms with Crippen LogP contribution in [0.5, 0.6) is 0 Å². The van der Waals surface area contributed by atoms with Crippen LogP contribution in [0.3, 0.4) is 0 Å². The molecule has 122 valence electrons. The van der Waals surface area contributed by atoms with Crippen LogP contribution in [0.2, 0.25) is 0 Å². The molecule has 0 aliphatic carbocycles. The number of nitrogens with two attached hydrogens (primary N) is 1. The number of amides is 1. The molecule has 2 rings (SSSR count). The first-order valence-electron chi connectivity index (χ1n) is 6.90. The number of rotatable bonds is 4. The third kappa shape index (κ3) is 3.52. The molecule has 2 aromatic rings. The first kappa shape index (κ1) is 17.0. The molecular weight excluding hydrogens is 316 g/mol. The van der Waals surface area contributed by atoms with Gasteiger partial charge in [0, 0.05) is 0 Å². The van der Waals surface area contributed by atoms with Gasteiger partial charge in [0.2, 0.25) is 9.84 Å². The van der Waals surface area contributed by atoms with Crippen molar-refractivity contribution < 1.29 is 17.9 Å². The Balaban J connectivity index is 2.28.